The van der Waals surface area contributed by atoms with E-state index in [9.17, 15) is 4.79 Å². The van der Waals surface area contributed by atoms with Gasteiger partial charge in [-0.2, -0.15) is 0 Å². The average Bonchev–Trinajstić information content (AvgIpc) is 3.35. The molecule has 7 nitrogen and oxygen atoms in total. The van der Waals surface area contributed by atoms with Crippen molar-refractivity contribution in [1.82, 2.24) is 24.3 Å². The molecule has 7 heteroatoms. The van der Waals surface area contributed by atoms with E-state index >= 15 is 0 Å². The second-order valence-corrected chi connectivity index (χ2v) is 7.18. The van der Waals surface area contributed by atoms with Gasteiger partial charge in [0.2, 0.25) is 0 Å². The average molecular weight is 389 g/mol. The SMILES string of the molecule is CN(Cc1ccccc1)Cc1cc(C(=O)N(C)Cc2cnc3ccccn23)no1. The normalized spacial score (nSPS) is 11.3. The van der Waals surface area contributed by atoms with Gasteiger partial charge in [0.1, 0.15) is 5.65 Å². The van der Waals surface area contributed by atoms with Gasteiger partial charge in [-0.1, -0.05) is 41.6 Å². The largest absolute Gasteiger partial charge is 0.359 e. The zero-order chi connectivity index (χ0) is 20.2. The Morgan fingerprint density at radius 3 is 2.66 bits per heavy atom. The number of nitrogens with zero attached hydrogens (tertiary/aromatic N) is 5. The van der Waals surface area contributed by atoms with Crippen molar-refractivity contribution in [3.05, 3.63) is 89.7 Å². The number of hydrogen-bond acceptors (Lipinski definition) is 5. The summed E-state index contributed by atoms with van der Waals surface area (Å²) in [6.07, 6.45) is 3.72. The molecule has 0 spiro atoms. The van der Waals surface area contributed by atoms with E-state index in [0.29, 0.717) is 24.5 Å². The van der Waals surface area contributed by atoms with E-state index in [1.807, 2.05) is 54.0 Å². The number of carbonyl (C=O) groups is 1. The molecular formula is C22H23N5O2. The van der Waals surface area contributed by atoms with Gasteiger partial charge >= 0.3 is 0 Å². The molecule has 29 heavy (non-hydrogen) atoms. The van der Waals surface area contributed by atoms with Crippen LogP contribution in [0, 0.1) is 0 Å². The molecule has 0 N–H and O–H groups in total. The van der Waals surface area contributed by atoms with Crippen LogP contribution < -0.4 is 0 Å². The fraction of sp³-hybridized carbons (Fsp3) is 0.227. The zero-order valence-corrected chi connectivity index (χ0v) is 16.5. The van der Waals surface area contributed by atoms with Crippen molar-refractivity contribution in [2.24, 2.45) is 0 Å². The van der Waals surface area contributed by atoms with Crippen molar-refractivity contribution >= 4 is 11.6 Å². The maximum Gasteiger partial charge on any atom is 0.276 e. The molecule has 0 aliphatic rings. The molecule has 0 saturated carbocycles. The lowest BCUT2D eigenvalue weighted by Crippen LogP contribution is -2.27. The lowest BCUT2D eigenvalue weighted by Gasteiger charge is -2.15. The van der Waals surface area contributed by atoms with Crippen molar-refractivity contribution in [2.75, 3.05) is 14.1 Å². The number of rotatable bonds is 7. The van der Waals surface area contributed by atoms with E-state index in [4.69, 9.17) is 4.52 Å². The topological polar surface area (TPSA) is 66.9 Å². The molecule has 0 aliphatic carbocycles. The molecule has 1 aromatic carbocycles. The molecular weight excluding hydrogens is 366 g/mol. The standard InChI is InChI=1S/C22H23N5O2/c1-25(14-17-8-4-3-5-9-17)16-19-12-20(24-29-19)22(28)26(2)15-18-13-23-21-10-6-7-11-27(18)21/h3-13H,14-16H2,1-2H3. The Labute approximate surface area is 169 Å². The van der Waals surface area contributed by atoms with Crippen molar-refractivity contribution in [2.45, 2.75) is 19.6 Å². The fourth-order valence-electron chi connectivity index (χ4n) is 3.32. The van der Waals surface area contributed by atoms with Crippen LogP contribution in [0.1, 0.15) is 27.5 Å². The first kappa shape index (κ1) is 18.9. The first-order valence-electron chi connectivity index (χ1n) is 9.44. The lowest BCUT2D eigenvalue weighted by atomic mass is 10.2. The van der Waals surface area contributed by atoms with Gasteiger partial charge in [0, 0.05) is 25.9 Å². The summed E-state index contributed by atoms with van der Waals surface area (Å²) in [6, 6.07) is 17.7. The number of imidazole rings is 1. The Hall–Kier alpha value is -3.45. The molecule has 0 aliphatic heterocycles. The quantitative estimate of drug-likeness (QED) is 0.485. The van der Waals surface area contributed by atoms with Crippen LogP contribution in [0.2, 0.25) is 0 Å². The van der Waals surface area contributed by atoms with E-state index in [2.05, 4.69) is 27.2 Å². The fourth-order valence-corrected chi connectivity index (χ4v) is 3.32. The summed E-state index contributed by atoms with van der Waals surface area (Å²) in [6.45, 7) is 1.80. The van der Waals surface area contributed by atoms with Gasteiger partial charge < -0.3 is 13.8 Å². The minimum absolute atomic E-state index is 0.184. The van der Waals surface area contributed by atoms with Gasteiger partial charge in [0.05, 0.1) is 25.0 Å². The van der Waals surface area contributed by atoms with Gasteiger partial charge in [0.15, 0.2) is 11.5 Å². The summed E-state index contributed by atoms with van der Waals surface area (Å²) < 4.78 is 7.36. The number of carbonyl (C=O) groups excluding carboxylic acids is 1. The van der Waals surface area contributed by atoms with E-state index < -0.39 is 0 Å². The summed E-state index contributed by atoms with van der Waals surface area (Å²) >= 11 is 0. The van der Waals surface area contributed by atoms with Crippen LogP contribution in [-0.2, 0) is 19.6 Å². The van der Waals surface area contributed by atoms with Gasteiger partial charge in [0.25, 0.3) is 5.91 Å². The second kappa shape index (κ2) is 8.28. The summed E-state index contributed by atoms with van der Waals surface area (Å²) in [5, 5.41) is 3.97. The molecule has 0 bridgehead atoms. The van der Waals surface area contributed by atoms with Crippen LogP contribution in [-0.4, -0.2) is 44.3 Å². The first-order chi connectivity index (χ1) is 14.1. The number of amides is 1. The van der Waals surface area contributed by atoms with E-state index in [1.165, 1.54) is 5.56 Å². The molecule has 4 rings (SSSR count). The minimum atomic E-state index is -0.184. The van der Waals surface area contributed by atoms with E-state index in [1.54, 1.807) is 24.2 Å². The van der Waals surface area contributed by atoms with Gasteiger partial charge in [-0.15, -0.1) is 0 Å². The van der Waals surface area contributed by atoms with Crippen LogP contribution in [0.3, 0.4) is 0 Å². The molecule has 0 saturated heterocycles. The predicted molar refractivity (Wildman–Crippen MR) is 109 cm³/mol. The molecule has 0 atom stereocenters. The summed E-state index contributed by atoms with van der Waals surface area (Å²) in [4.78, 5) is 20.9. The van der Waals surface area contributed by atoms with Gasteiger partial charge in [-0.05, 0) is 24.7 Å². The predicted octanol–water partition coefficient (Wildman–Crippen LogP) is 3.23. The highest BCUT2D eigenvalue weighted by Crippen LogP contribution is 2.13. The monoisotopic (exact) mass is 389 g/mol. The minimum Gasteiger partial charge on any atom is -0.359 e. The van der Waals surface area contributed by atoms with Crippen molar-refractivity contribution < 1.29 is 9.32 Å². The summed E-state index contributed by atoms with van der Waals surface area (Å²) in [5.41, 5.74) is 3.32. The zero-order valence-electron chi connectivity index (χ0n) is 16.5. The Kier molecular flexibility index (Phi) is 5.39. The van der Waals surface area contributed by atoms with Crippen LogP contribution in [0.15, 0.2) is 71.5 Å². The first-order valence-corrected chi connectivity index (χ1v) is 9.44. The Morgan fingerprint density at radius 1 is 1.03 bits per heavy atom. The highest BCUT2D eigenvalue weighted by atomic mass is 16.5. The number of hydrogen-bond donors (Lipinski definition) is 0. The maximum atomic E-state index is 12.8. The van der Waals surface area contributed by atoms with Crippen molar-refractivity contribution in [1.29, 1.82) is 0 Å². The van der Waals surface area contributed by atoms with Gasteiger partial charge in [-0.25, -0.2) is 4.98 Å². The second-order valence-electron chi connectivity index (χ2n) is 7.18. The third-order valence-corrected chi connectivity index (χ3v) is 4.74. The maximum absolute atomic E-state index is 12.8. The number of pyridine rings is 1. The van der Waals surface area contributed by atoms with Crippen molar-refractivity contribution in [3.63, 3.8) is 0 Å². The van der Waals surface area contributed by atoms with Crippen LogP contribution in [0.5, 0.6) is 0 Å². The van der Waals surface area contributed by atoms with Crippen LogP contribution >= 0.6 is 0 Å². The molecule has 0 fully saturated rings. The molecule has 3 heterocycles. The van der Waals surface area contributed by atoms with Gasteiger partial charge in [-0.3, -0.25) is 9.69 Å². The molecule has 148 valence electrons. The van der Waals surface area contributed by atoms with Crippen molar-refractivity contribution in [3.8, 4) is 0 Å². The van der Waals surface area contributed by atoms with Crippen LogP contribution in [0.4, 0.5) is 0 Å². The molecule has 0 radical (unpaired) electrons. The molecule has 0 unspecified atom stereocenters. The highest BCUT2D eigenvalue weighted by Gasteiger charge is 2.19. The molecule has 1 amide bonds. The Morgan fingerprint density at radius 2 is 1.83 bits per heavy atom. The number of benzene rings is 1. The lowest BCUT2D eigenvalue weighted by molar-refractivity contribution is 0.0772. The third-order valence-electron chi connectivity index (χ3n) is 4.74. The summed E-state index contributed by atoms with van der Waals surface area (Å²) in [7, 11) is 3.76. The van der Waals surface area contributed by atoms with Crippen LogP contribution in [0.25, 0.3) is 5.65 Å². The highest BCUT2D eigenvalue weighted by molar-refractivity contribution is 5.92. The smallest absolute Gasteiger partial charge is 0.276 e. The Balaban J connectivity index is 1.38. The third kappa shape index (κ3) is 4.35. The van der Waals surface area contributed by atoms with E-state index in [0.717, 1.165) is 17.9 Å². The Bertz CT molecular complexity index is 1100. The number of fused-ring (bicyclic) bond motifs is 1. The molecule has 4 aromatic rings. The summed E-state index contributed by atoms with van der Waals surface area (Å²) in [5.74, 6) is 0.478. The molecule has 3 aromatic heterocycles. The number of aromatic nitrogens is 3. The van der Waals surface area contributed by atoms with E-state index in [-0.39, 0.29) is 5.91 Å².